The molecular formula is C22H21ClN4O5S3. The number of amides is 1. The summed E-state index contributed by atoms with van der Waals surface area (Å²) in [5.74, 6) is 0.757. The number of thioether (sulfide) groups is 2. The predicted molar refractivity (Wildman–Crippen MR) is 138 cm³/mol. The number of esters is 1. The molecule has 0 saturated carbocycles. The van der Waals surface area contributed by atoms with E-state index < -0.39 is 5.97 Å². The lowest BCUT2D eigenvalue weighted by Crippen LogP contribution is -2.19. The van der Waals surface area contributed by atoms with E-state index in [4.69, 9.17) is 25.8 Å². The Bertz CT molecular complexity index is 1200. The third kappa shape index (κ3) is 8.13. The van der Waals surface area contributed by atoms with Gasteiger partial charge in [-0.05, 0) is 23.8 Å². The SMILES string of the molecule is COc1cc(/C=N/NC(=O)CSc2nnc(SCc3ccccc3Cl)s2)cc(OC)c1OC(C)=O. The lowest BCUT2D eigenvalue weighted by atomic mass is 10.2. The van der Waals surface area contributed by atoms with E-state index in [1.54, 1.807) is 12.1 Å². The van der Waals surface area contributed by atoms with Crippen molar-refractivity contribution in [2.24, 2.45) is 5.10 Å². The Balaban J connectivity index is 1.50. The molecule has 35 heavy (non-hydrogen) atoms. The fourth-order valence-electron chi connectivity index (χ4n) is 2.63. The van der Waals surface area contributed by atoms with Gasteiger partial charge in [-0.25, -0.2) is 5.43 Å². The van der Waals surface area contributed by atoms with Crippen molar-refractivity contribution >= 4 is 64.6 Å². The molecule has 1 amide bonds. The maximum absolute atomic E-state index is 12.2. The normalized spacial score (nSPS) is 10.9. The molecular weight excluding hydrogens is 532 g/mol. The first-order valence-electron chi connectivity index (χ1n) is 9.98. The number of carbonyl (C=O) groups excluding carboxylic acids is 2. The van der Waals surface area contributed by atoms with Gasteiger partial charge in [-0.1, -0.05) is 64.7 Å². The summed E-state index contributed by atoms with van der Waals surface area (Å²) in [6, 6.07) is 10.9. The highest BCUT2D eigenvalue weighted by Crippen LogP contribution is 2.38. The number of rotatable bonds is 11. The molecule has 0 fully saturated rings. The van der Waals surface area contributed by atoms with Crippen LogP contribution in [0, 0.1) is 0 Å². The van der Waals surface area contributed by atoms with Gasteiger partial charge in [0.2, 0.25) is 5.75 Å². The van der Waals surface area contributed by atoms with Crippen molar-refractivity contribution < 1.29 is 23.8 Å². The van der Waals surface area contributed by atoms with Crippen molar-refractivity contribution in [3.05, 3.63) is 52.5 Å². The van der Waals surface area contributed by atoms with E-state index in [-0.39, 0.29) is 17.4 Å². The van der Waals surface area contributed by atoms with Crippen LogP contribution in [0.5, 0.6) is 17.2 Å². The zero-order chi connectivity index (χ0) is 25.2. The van der Waals surface area contributed by atoms with Crippen molar-refractivity contribution in [3.63, 3.8) is 0 Å². The number of hydrazone groups is 1. The molecule has 0 unspecified atom stereocenters. The van der Waals surface area contributed by atoms with Crippen molar-refractivity contribution in [1.82, 2.24) is 15.6 Å². The molecule has 0 radical (unpaired) electrons. The van der Waals surface area contributed by atoms with Gasteiger partial charge in [-0.3, -0.25) is 9.59 Å². The monoisotopic (exact) mass is 552 g/mol. The van der Waals surface area contributed by atoms with E-state index in [0.29, 0.717) is 32.2 Å². The third-order valence-electron chi connectivity index (χ3n) is 4.16. The van der Waals surface area contributed by atoms with E-state index in [0.717, 1.165) is 9.90 Å². The van der Waals surface area contributed by atoms with Gasteiger partial charge in [0.25, 0.3) is 5.91 Å². The number of methoxy groups -OCH3 is 2. The number of carbonyl (C=O) groups is 2. The zero-order valence-corrected chi connectivity index (χ0v) is 22.1. The number of benzene rings is 2. The Hall–Kier alpha value is -2.80. The minimum absolute atomic E-state index is 0.124. The highest BCUT2D eigenvalue weighted by Gasteiger charge is 2.16. The predicted octanol–water partition coefficient (Wildman–Crippen LogP) is 4.67. The van der Waals surface area contributed by atoms with Crippen LogP contribution in [-0.2, 0) is 15.3 Å². The molecule has 1 aromatic heterocycles. The fraction of sp³-hybridized carbons (Fsp3) is 0.227. The largest absolute Gasteiger partial charge is 0.493 e. The molecule has 184 valence electrons. The molecule has 0 bridgehead atoms. The fourth-order valence-corrected chi connectivity index (χ4v) is 5.72. The number of ether oxygens (including phenoxy) is 3. The van der Waals surface area contributed by atoms with E-state index >= 15 is 0 Å². The summed E-state index contributed by atoms with van der Waals surface area (Å²) in [4.78, 5) is 23.5. The topological polar surface area (TPSA) is 112 Å². The van der Waals surface area contributed by atoms with E-state index in [1.807, 2.05) is 24.3 Å². The molecule has 0 spiro atoms. The summed E-state index contributed by atoms with van der Waals surface area (Å²) in [7, 11) is 2.88. The number of nitrogens with zero attached hydrogens (tertiary/aromatic N) is 3. The van der Waals surface area contributed by atoms with Crippen molar-refractivity contribution in [2.45, 2.75) is 21.4 Å². The quantitative estimate of drug-likeness (QED) is 0.119. The van der Waals surface area contributed by atoms with E-state index in [1.165, 1.54) is 62.2 Å². The molecule has 9 nitrogen and oxygen atoms in total. The van der Waals surface area contributed by atoms with Gasteiger partial charge in [0.05, 0.1) is 26.2 Å². The molecule has 0 atom stereocenters. The van der Waals surface area contributed by atoms with Gasteiger partial charge in [0.1, 0.15) is 0 Å². The maximum atomic E-state index is 12.2. The summed E-state index contributed by atoms with van der Waals surface area (Å²) in [5, 5.41) is 12.9. The molecule has 13 heteroatoms. The number of aromatic nitrogens is 2. The van der Waals surface area contributed by atoms with Gasteiger partial charge >= 0.3 is 5.97 Å². The van der Waals surface area contributed by atoms with Crippen LogP contribution < -0.4 is 19.6 Å². The highest BCUT2D eigenvalue weighted by atomic mass is 35.5. The van der Waals surface area contributed by atoms with Crippen LogP contribution in [0.4, 0.5) is 0 Å². The van der Waals surface area contributed by atoms with Crippen LogP contribution in [0.3, 0.4) is 0 Å². The zero-order valence-electron chi connectivity index (χ0n) is 18.9. The third-order valence-corrected chi connectivity index (χ3v) is 7.76. The minimum Gasteiger partial charge on any atom is -0.493 e. The molecule has 0 aliphatic heterocycles. The Kier molecular flexibility index (Phi) is 10.2. The second kappa shape index (κ2) is 13.3. The van der Waals surface area contributed by atoms with E-state index in [9.17, 15) is 9.59 Å². The first-order valence-corrected chi connectivity index (χ1v) is 13.1. The van der Waals surface area contributed by atoms with Gasteiger partial charge in [0, 0.05) is 23.3 Å². The van der Waals surface area contributed by atoms with Crippen LogP contribution in [0.25, 0.3) is 0 Å². The molecule has 1 N–H and O–H groups in total. The smallest absolute Gasteiger partial charge is 0.308 e. The minimum atomic E-state index is -0.505. The molecule has 2 aromatic carbocycles. The number of hydrogen-bond acceptors (Lipinski definition) is 11. The first-order chi connectivity index (χ1) is 16.9. The van der Waals surface area contributed by atoms with Crippen LogP contribution in [0.2, 0.25) is 5.02 Å². The van der Waals surface area contributed by atoms with Gasteiger partial charge in [-0.2, -0.15) is 5.10 Å². The summed E-state index contributed by atoms with van der Waals surface area (Å²) in [5.41, 5.74) is 4.06. The second-order valence-electron chi connectivity index (χ2n) is 6.64. The summed E-state index contributed by atoms with van der Waals surface area (Å²) in [6.07, 6.45) is 1.43. The lowest BCUT2D eigenvalue weighted by Gasteiger charge is -2.13. The summed E-state index contributed by atoms with van der Waals surface area (Å²) < 4.78 is 17.2. The van der Waals surface area contributed by atoms with Gasteiger partial charge < -0.3 is 14.2 Å². The molecule has 3 aromatic rings. The Morgan fingerprint density at radius 2 is 1.77 bits per heavy atom. The Labute approximate surface area is 219 Å². The standard InChI is InChI=1S/C22H21ClN4O5S3/c1-13(28)32-20-17(30-2)8-14(9-18(20)31-3)10-24-25-19(29)12-34-22-27-26-21(35-22)33-11-15-6-4-5-7-16(15)23/h4-10H,11-12H2,1-3H3,(H,25,29)/b24-10+. The number of nitrogens with one attached hydrogen (secondary N) is 1. The molecule has 1 heterocycles. The molecule has 3 rings (SSSR count). The van der Waals surface area contributed by atoms with Gasteiger partial charge in [0.15, 0.2) is 20.2 Å². The van der Waals surface area contributed by atoms with Gasteiger partial charge in [-0.15, -0.1) is 10.2 Å². The van der Waals surface area contributed by atoms with Crippen LogP contribution >= 0.6 is 46.5 Å². The molecule has 0 aliphatic carbocycles. The summed E-state index contributed by atoms with van der Waals surface area (Å²) in [6.45, 7) is 1.28. The molecule has 0 saturated heterocycles. The molecule has 0 aliphatic rings. The van der Waals surface area contributed by atoms with Crippen molar-refractivity contribution in [1.29, 1.82) is 0 Å². The Morgan fingerprint density at radius 3 is 2.40 bits per heavy atom. The number of hydrogen-bond donors (Lipinski definition) is 1. The van der Waals surface area contributed by atoms with Crippen LogP contribution in [0.15, 0.2) is 50.2 Å². The number of halogens is 1. The Morgan fingerprint density at radius 1 is 1.11 bits per heavy atom. The van der Waals surface area contributed by atoms with Crippen LogP contribution in [0.1, 0.15) is 18.1 Å². The highest BCUT2D eigenvalue weighted by molar-refractivity contribution is 8.03. The lowest BCUT2D eigenvalue weighted by molar-refractivity contribution is -0.132. The maximum Gasteiger partial charge on any atom is 0.308 e. The average Bonchev–Trinajstić information content (AvgIpc) is 3.30. The van der Waals surface area contributed by atoms with E-state index in [2.05, 4.69) is 20.7 Å². The second-order valence-corrected chi connectivity index (χ2v) is 10.5. The average molecular weight is 553 g/mol. The van der Waals surface area contributed by atoms with Crippen molar-refractivity contribution in [2.75, 3.05) is 20.0 Å². The van der Waals surface area contributed by atoms with Crippen LogP contribution in [-0.4, -0.2) is 48.3 Å². The summed E-state index contributed by atoms with van der Waals surface area (Å²) >= 11 is 10.4. The van der Waals surface area contributed by atoms with Crippen molar-refractivity contribution in [3.8, 4) is 17.2 Å². The first kappa shape index (κ1) is 26.8.